The molecule has 0 saturated heterocycles. The summed E-state index contributed by atoms with van der Waals surface area (Å²) in [5.74, 6) is -0.536. The highest BCUT2D eigenvalue weighted by Gasteiger charge is 2.26. The second-order valence-corrected chi connectivity index (χ2v) is 3.12. The van der Waals surface area contributed by atoms with E-state index < -0.39 is 0 Å². The Morgan fingerprint density at radius 1 is 1.21 bits per heavy atom. The van der Waals surface area contributed by atoms with Gasteiger partial charge in [0.25, 0.3) is 5.91 Å². The van der Waals surface area contributed by atoms with Crippen LogP contribution in [-0.2, 0) is 0 Å². The molecular formula is C10H5FN2O. The van der Waals surface area contributed by atoms with Gasteiger partial charge in [-0.15, -0.1) is 0 Å². The van der Waals surface area contributed by atoms with E-state index in [-0.39, 0.29) is 11.7 Å². The molecule has 2 heterocycles. The zero-order valence-corrected chi connectivity index (χ0v) is 7.07. The van der Waals surface area contributed by atoms with Crippen molar-refractivity contribution in [3.63, 3.8) is 0 Å². The van der Waals surface area contributed by atoms with Crippen LogP contribution in [-0.4, -0.2) is 15.7 Å². The minimum Gasteiger partial charge on any atom is -0.267 e. The lowest BCUT2D eigenvalue weighted by Crippen LogP contribution is -2.07. The normalized spacial score (nSPS) is 12.8. The standard InChI is InChI=1S/C10H5FN2O/c11-6-1-2-7-8(5-6)9-3-4-12-13(9)10(7)14/h1-5H. The topological polar surface area (TPSA) is 34.9 Å². The fraction of sp³-hybridized carbons (Fsp3) is 0. The first-order chi connectivity index (χ1) is 6.77. The Morgan fingerprint density at radius 2 is 2.07 bits per heavy atom. The van der Waals surface area contributed by atoms with Crippen LogP contribution in [0.15, 0.2) is 30.5 Å². The van der Waals surface area contributed by atoms with Crippen molar-refractivity contribution in [2.75, 3.05) is 0 Å². The Balaban J connectivity index is 2.40. The highest BCUT2D eigenvalue weighted by Crippen LogP contribution is 2.31. The summed E-state index contributed by atoms with van der Waals surface area (Å²) in [7, 11) is 0. The van der Waals surface area contributed by atoms with Gasteiger partial charge < -0.3 is 0 Å². The van der Waals surface area contributed by atoms with Crippen LogP contribution in [0.4, 0.5) is 4.39 Å². The maximum Gasteiger partial charge on any atom is 0.279 e. The quantitative estimate of drug-likeness (QED) is 0.538. The number of carbonyl (C=O) groups is 1. The molecule has 3 rings (SSSR count). The third kappa shape index (κ3) is 0.750. The number of aromatic nitrogens is 2. The van der Waals surface area contributed by atoms with Crippen molar-refractivity contribution >= 4 is 5.91 Å². The molecule has 3 nitrogen and oxygen atoms in total. The molecule has 0 atom stereocenters. The Hall–Kier alpha value is -1.97. The molecule has 0 spiro atoms. The lowest BCUT2D eigenvalue weighted by molar-refractivity contribution is 0.0955. The molecule has 1 aliphatic rings. The molecular weight excluding hydrogens is 183 g/mol. The number of halogens is 1. The smallest absolute Gasteiger partial charge is 0.267 e. The van der Waals surface area contributed by atoms with Crippen molar-refractivity contribution in [2.45, 2.75) is 0 Å². The molecule has 0 amide bonds. The van der Waals surface area contributed by atoms with Gasteiger partial charge in [0.1, 0.15) is 5.82 Å². The van der Waals surface area contributed by atoms with E-state index >= 15 is 0 Å². The SMILES string of the molecule is O=C1c2ccc(F)cc2-c2ccnn21. The molecule has 0 radical (unpaired) electrons. The minimum atomic E-state index is -0.341. The van der Waals surface area contributed by atoms with Crippen LogP contribution in [0.25, 0.3) is 11.3 Å². The molecule has 14 heavy (non-hydrogen) atoms. The fourth-order valence-electron chi connectivity index (χ4n) is 1.70. The first-order valence-electron chi connectivity index (χ1n) is 4.16. The molecule has 1 aromatic heterocycles. The number of hydrogen-bond donors (Lipinski definition) is 0. The van der Waals surface area contributed by atoms with E-state index in [4.69, 9.17) is 0 Å². The van der Waals surface area contributed by atoms with E-state index in [1.165, 1.54) is 29.1 Å². The zero-order valence-electron chi connectivity index (χ0n) is 7.07. The molecule has 4 heteroatoms. The number of carbonyl (C=O) groups excluding carboxylic acids is 1. The van der Waals surface area contributed by atoms with Crippen LogP contribution >= 0.6 is 0 Å². The van der Waals surface area contributed by atoms with Gasteiger partial charge in [-0.2, -0.15) is 9.78 Å². The van der Waals surface area contributed by atoms with E-state index in [0.717, 1.165) is 0 Å². The molecule has 0 fully saturated rings. The van der Waals surface area contributed by atoms with E-state index in [1.807, 2.05) is 0 Å². The van der Waals surface area contributed by atoms with Crippen molar-refractivity contribution in [2.24, 2.45) is 0 Å². The van der Waals surface area contributed by atoms with Crippen LogP contribution in [0.5, 0.6) is 0 Å². The Morgan fingerprint density at radius 3 is 2.93 bits per heavy atom. The predicted octanol–water partition coefficient (Wildman–Crippen LogP) is 1.69. The second-order valence-electron chi connectivity index (χ2n) is 3.12. The average molecular weight is 188 g/mol. The fourth-order valence-corrected chi connectivity index (χ4v) is 1.70. The molecule has 68 valence electrons. The number of benzene rings is 1. The number of fused-ring (bicyclic) bond motifs is 3. The second kappa shape index (κ2) is 2.29. The largest absolute Gasteiger partial charge is 0.279 e. The van der Waals surface area contributed by atoms with Crippen molar-refractivity contribution < 1.29 is 9.18 Å². The molecule has 2 aromatic rings. The predicted molar refractivity (Wildman–Crippen MR) is 47.3 cm³/mol. The lowest BCUT2D eigenvalue weighted by Gasteiger charge is -1.94. The molecule has 0 aliphatic carbocycles. The number of hydrogen-bond acceptors (Lipinski definition) is 2. The van der Waals surface area contributed by atoms with E-state index in [0.29, 0.717) is 16.8 Å². The van der Waals surface area contributed by atoms with Gasteiger partial charge in [-0.05, 0) is 24.3 Å². The summed E-state index contributed by atoms with van der Waals surface area (Å²) in [4.78, 5) is 11.6. The Bertz CT molecular complexity index is 545. The molecule has 0 N–H and O–H groups in total. The van der Waals surface area contributed by atoms with Crippen molar-refractivity contribution in [1.29, 1.82) is 0 Å². The first-order valence-corrected chi connectivity index (χ1v) is 4.16. The third-order valence-electron chi connectivity index (χ3n) is 2.32. The maximum atomic E-state index is 12.9. The number of rotatable bonds is 0. The summed E-state index contributed by atoms with van der Waals surface area (Å²) < 4.78 is 14.2. The minimum absolute atomic E-state index is 0.194. The number of nitrogens with zero attached hydrogens (tertiary/aromatic N) is 2. The van der Waals surface area contributed by atoms with Crippen molar-refractivity contribution in [1.82, 2.24) is 9.78 Å². The summed E-state index contributed by atoms with van der Waals surface area (Å²) >= 11 is 0. The van der Waals surface area contributed by atoms with Gasteiger partial charge in [-0.1, -0.05) is 0 Å². The average Bonchev–Trinajstić information content (AvgIpc) is 2.71. The monoisotopic (exact) mass is 188 g/mol. The molecule has 0 bridgehead atoms. The van der Waals surface area contributed by atoms with Crippen LogP contribution in [0.1, 0.15) is 10.4 Å². The maximum absolute atomic E-state index is 12.9. The Labute approximate surface area is 78.8 Å². The van der Waals surface area contributed by atoms with Crippen LogP contribution in [0, 0.1) is 5.82 Å². The summed E-state index contributed by atoms with van der Waals surface area (Å²) in [5.41, 5.74) is 1.78. The van der Waals surface area contributed by atoms with Gasteiger partial charge >= 0.3 is 0 Å². The van der Waals surface area contributed by atoms with Gasteiger partial charge in [0.05, 0.1) is 17.5 Å². The lowest BCUT2D eigenvalue weighted by atomic mass is 10.1. The first kappa shape index (κ1) is 7.44. The third-order valence-corrected chi connectivity index (χ3v) is 2.32. The van der Waals surface area contributed by atoms with Crippen LogP contribution in [0.2, 0.25) is 0 Å². The summed E-state index contributed by atoms with van der Waals surface area (Å²) in [5, 5.41) is 3.87. The van der Waals surface area contributed by atoms with Gasteiger partial charge in [0, 0.05) is 5.56 Å². The molecule has 1 aliphatic heterocycles. The molecule has 0 saturated carbocycles. The van der Waals surface area contributed by atoms with Crippen LogP contribution in [0.3, 0.4) is 0 Å². The van der Waals surface area contributed by atoms with E-state index in [2.05, 4.69) is 5.10 Å². The Kier molecular flexibility index (Phi) is 1.21. The van der Waals surface area contributed by atoms with Crippen LogP contribution < -0.4 is 0 Å². The van der Waals surface area contributed by atoms with Gasteiger partial charge in [0.2, 0.25) is 0 Å². The van der Waals surface area contributed by atoms with Gasteiger partial charge in [-0.25, -0.2) is 4.39 Å². The van der Waals surface area contributed by atoms with Crippen molar-refractivity contribution in [3.8, 4) is 11.3 Å². The van der Waals surface area contributed by atoms with Gasteiger partial charge in [0.15, 0.2) is 0 Å². The highest BCUT2D eigenvalue weighted by atomic mass is 19.1. The highest BCUT2D eigenvalue weighted by molar-refractivity contribution is 6.08. The van der Waals surface area contributed by atoms with E-state index in [9.17, 15) is 9.18 Å². The van der Waals surface area contributed by atoms with E-state index in [1.54, 1.807) is 6.07 Å². The van der Waals surface area contributed by atoms with Gasteiger partial charge in [-0.3, -0.25) is 4.79 Å². The molecule has 0 unspecified atom stereocenters. The summed E-state index contributed by atoms with van der Waals surface area (Å²) in [6.07, 6.45) is 1.53. The zero-order chi connectivity index (χ0) is 9.71. The summed E-state index contributed by atoms with van der Waals surface area (Å²) in [6, 6.07) is 5.82. The summed E-state index contributed by atoms with van der Waals surface area (Å²) in [6.45, 7) is 0. The van der Waals surface area contributed by atoms with Crippen molar-refractivity contribution in [3.05, 3.63) is 41.8 Å². The molecule has 1 aromatic carbocycles.